The van der Waals surface area contributed by atoms with Gasteiger partial charge in [-0.25, -0.2) is 4.39 Å². The van der Waals surface area contributed by atoms with Gasteiger partial charge in [0.25, 0.3) is 0 Å². The number of nitrogens with zero attached hydrogens (tertiary/aromatic N) is 1. The third kappa shape index (κ3) is 8.55. The number of aliphatic imine (C=N–C) groups is 1. The first-order valence-electron chi connectivity index (χ1n) is 9.30. The van der Waals surface area contributed by atoms with E-state index in [4.69, 9.17) is 4.74 Å². The van der Waals surface area contributed by atoms with E-state index in [-0.39, 0.29) is 19.0 Å². The lowest BCUT2D eigenvalue weighted by atomic mass is 10.1. The van der Waals surface area contributed by atoms with Crippen molar-refractivity contribution in [3.63, 3.8) is 0 Å². The largest absolute Gasteiger partial charge is 0.491 e. The van der Waals surface area contributed by atoms with Crippen LogP contribution in [0.1, 0.15) is 18.9 Å². The molecule has 0 spiro atoms. The topological polar surface area (TPSA) is 65.9 Å². The Morgan fingerprint density at radius 2 is 1.85 bits per heavy atom. The maximum Gasteiger partial charge on any atom is 0.191 e. The van der Waals surface area contributed by atoms with E-state index in [9.17, 15) is 9.50 Å². The molecule has 6 heteroatoms. The van der Waals surface area contributed by atoms with Gasteiger partial charge in [0, 0.05) is 13.1 Å². The van der Waals surface area contributed by atoms with E-state index in [1.807, 2.05) is 25.1 Å². The van der Waals surface area contributed by atoms with Gasteiger partial charge in [0.05, 0.1) is 6.54 Å². The molecule has 0 amide bonds. The molecule has 0 bridgehead atoms. The fourth-order valence-corrected chi connectivity index (χ4v) is 2.46. The Balaban J connectivity index is 1.70. The highest BCUT2D eigenvalue weighted by molar-refractivity contribution is 5.79. The van der Waals surface area contributed by atoms with E-state index < -0.39 is 6.10 Å². The first kappa shape index (κ1) is 20.7. The minimum absolute atomic E-state index is 0.0997. The van der Waals surface area contributed by atoms with Crippen LogP contribution in [0, 0.1) is 5.82 Å². The number of aliphatic hydroxyl groups excluding tert-OH is 1. The van der Waals surface area contributed by atoms with Crippen LogP contribution in [0.4, 0.5) is 4.39 Å². The van der Waals surface area contributed by atoms with Gasteiger partial charge in [0.1, 0.15) is 24.3 Å². The summed E-state index contributed by atoms with van der Waals surface area (Å²) in [6.45, 7) is 3.85. The van der Waals surface area contributed by atoms with Crippen LogP contribution in [0.2, 0.25) is 0 Å². The minimum Gasteiger partial charge on any atom is -0.491 e. The van der Waals surface area contributed by atoms with Gasteiger partial charge in [0.2, 0.25) is 0 Å². The highest BCUT2D eigenvalue weighted by Crippen LogP contribution is 2.11. The Morgan fingerprint density at radius 1 is 1.11 bits per heavy atom. The fourth-order valence-electron chi connectivity index (χ4n) is 2.46. The molecule has 0 aromatic heterocycles. The summed E-state index contributed by atoms with van der Waals surface area (Å²) in [5.74, 6) is 0.873. The standard InChI is InChI=1S/C21H28FN3O2/c1-2-23-21(24-14-6-9-17-7-4-3-5-8-17)25-15-19(26)16-27-20-12-10-18(22)11-13-20/h3-5,7-8,10-13,19,26H,2,6,9,14-16H2,1H3,(H2,23,24,25). The Hall–Kier alpha value is -2.60. The van der Waals surface area contributed by atoms with E-state index in [0.29, 0.717) is 11.7 Å². The molecule has 146 valence electrons. The highest BCUT2D eigenvalue weighted by Gasteiger charge is 2.06. The van der Waals surface area contributed by atoms with Crippen LogP contribution in [0.3, 0.4) is 0 Å². The number of aryl methyl sites for hydroxylation is 1. The number of aliphatic hydroxyl groups is 1. The van der Waals surface area contributed by atoms with Crippen LogP contribution in [-0.2, 0) is 6.42 Å². The third-order valence-corrected chi connectivity index (χ3v) is 3.84. The summed E-state index contributed by atoms with van der Waals surface area (Å²) in [4.78, 5) is 4.39. The van der Waals surface area contributed by atoms with E-state index in [0.717, 1.165) is 25.9 Å². The van der Waals surface area contributed by atoms with Crippen molar-refractivity contribution >= 4 is 5.96 Å². The quantitative estimate of drug-likeness (QED) is 0.340. The summed E-state index contributed by atoms with van der Waals surface area (Å²) in [6.07, 6.45) is 1.25. The lowest BCUT2D eigenvalue weighted by Crippen LogP contribution is -2.38. The van der Waals surface area contributed by atoms with Gasteiger partial charge < -0.3 is 20.5 Å². The van der Waals surface area contributed by atoms with E-state index in [1.165, 1.54) is 29.8 Å². The Morgan fingerprint density at radius 3 is 2.56 bits per heavy atom. The molecule has 3 N–H and O–H groups in total. The molecule has 0 radical (unpaired) electrons. The molecular weight excluding hydrogens is 345 g/mol. The van der Waals surface area contributed by atoms with Gasteiger partial charge in [0.15, 0.2) is 5.96 Å². The SMILES string of the molecule is CCNC(=NCC(O)COc1ccc(F)cc1)NCCCc1ccccc1. The number of hydrogen-bond donors (Lipinski definition) is 3. The lowest BCUT2D eigenvalue weighted by Gasteiger charge is -2.14. The molecule has 0 aliphatic heterocycles. The minimum atomic E-state index is -0.741. The van der Waals surface area contributed by atoms with Gasteiger partial charge in [-0.05, 0) is 49.6 Å². The molecule has 27 heavy (non-hydrogen) atoms. The maximum atomic E-state index is 12.9. The van der Waals surface area contributed by atoms with Crippen LogP contribution in [0.15, 0.2) is 59.6 Å². The number of ether oxygens (including phenoxy) is 1. The Labute approximate surface area is 160 Å². The average Bonchev–Trinajstić information content (AvgIpc) is 2.69. The second kappa shape index (κ2) is 11.9. The zero-order chi connectivity index (χ0) is 19.3. The van der Waals surface area contributed by atoms with Crippen molar-refractivity contribution in [2.45, 2.75) is 25.9 Å². The summed E-state index contributed by atoms with van der Waals surface area (Å²) < 4.78 is 18.3. The average molecular weight is 373 g/mol. The van der Waals surface area contributed by atoms with Gasteiger partial charge in [-0.2, -0.15) is 0 Å². The maximum absolute atomic E-state index is 12.9. The van der Waals surface area contributed by atoms with Crippen LogP contribution >= 0.6 is 0 Å². The highest BCUT2D eigenvalue weighted by atomic mass is 19.1. The van der Waals surface area contributed by atoms with Gasteiger partial charge in [-0.1, -0.05) is 30.3 Å². The second-order valence-electron chi connectivity index (χ2n) is 6.15. The predicted molar refractivity (Wildman–Crippen MR) is 107 cm³/mol. The summed E-state index contributed by atoms with van der Waals surface area (Å²) in [7, 11) is 0. The van der Waals surface area contributed by atoms with Crippen molar-refractivity contribution in [3.8, 4) is 5.75 Å². The smallest absolute Gasteiger partial charge is 0.191 e. The molecular formula is C21H28FN3O2. The first-order chi connectivity index (χ1) is 13.2. The molecule has 5 nitrogen and oxygen atoms in total. The zero-order valence-electron chi connectivity index (χ0n) is 15.7. The number of rotatable bonds is 10. The van der Waals surface area contributed by atoms with Crippen LogP contribution in [0.5, 0.6) is 5.75 Å². The van der Waals surface area contributed by atoms with Crippen molar-refractivity contribution in [2.24, 2.45) is 4.99 Å². The van der Waals surface area contributed by atoms with E-state index in [2.05, 4.69) is 27.8 Å². The van der Waals surface area contributed by atoms with Crippen molar-refractivity contribution in [1.29, 1.82) is 0 Å². The van der Waals surface area contributed by atoms with Crippen molar-refractivity contribution < 1.29 is 14.2 Å². The molecule has 0 saturated carbocycles. The van der Waals surface area contributed by atoms with Gasteiger partial charge >= 0.3 is 0 Å². The zero-order valence-corrected chi connectivity index (χ0v) is 15.7. The molecule has 2 rings (SSSR count). The molecule has 0 aliphatic rings. The summed E-state index contributed by atoms with van der Waals surface area (Å²) in [6, 6.07) is 16.1. The second-order valence-corrected chi connectivity index (χ2v) is 6.15. The molecule has 2 aromatic carbocycles. The number of halogens is 1. The summed E-state index contributed by atoms with van der Waals surface area (Å²) in [5.41, 5.74) is 1.31. The van der Waals surface area contributed by atoms with E-state index >= 15 is 0 Å². The third-order valence-electron chi connectivity index (χ3n) is 3.84. The number of guanidine groups is 1. The predicted octanol–water partition coefficient (Wildman–Crippen LogP) is 2.75. The van der Waals surface area contributed by atoms with Crippen molar-refractivity contribution in [3.05, 3.63) is 66.0 Å². The fraction of sp³-hybridized carbons (Fsp3) is 0.381. The lowest BCUT2D eigenvalue weighted by molar-refractivity contribution is 0.114. The van der Waals surface area contributed by atoms with Crippen molar-refractivity contribution in [1.82, 2.24) is 10.6 Å². The molecule has 1 atom stereocenters. The van der Waals surface area contributed by atoms with Gasteiger partial charge in [-0.15, -0.1) is 0 Å². The molecule has 0 saturated heterocycles. The van der Waals surface area contributed by atoms with E-state index in [1.54, 1.807) is 0 Å². The Bertz CT molecular complexity index is 678. The number of benzene rings is 2. The van der Waals surface area contributed by atoms with Crippen LogP contribution in [-0.4, -0.2) is 43.4 Å². The Kier molecular flexibility index (Phi) is 9.13. The molecule has 1 unspecified atom stereocenters. The molecule has 0 aliphatic carbocycles. The number of hydrogen-bond acceptors (Lipinski definition) is 3. The normalized spacial score (nSPS) is 12.5. The molecule has 2 aromatic rings. The summed E-state index contributed by atoms with van der Waals surface area (Å²) >= 11 is 0. The van der Waals surface area contributed by atoms with Crippen LogP contribution in [0.25, 0.3) is 0 Å². The molecule has 0 heterocycles. The van der Waals surface area contributed by atoms with Gasteiger partial charge in [-0.3, -0.25) is 4.99 Å². The monoisotopic (exact) mass is 373 g/mol. The van der Waals surface area contributed by atoms with Crippen LogP contribution < -0.4 is 15.4 Å². The van der Waals surface area contributed by atoms with Crippen molar-refractivity contribution in [2.75, 3.05) is 26.2 Å². The first-order valence-corrected chi connectivity index (χ1v) is 9.30. The number of nitrogens with one attached hydrogen (secondary N) is 2. The summed E-state index contributed by atoms with van der Waals surface area (Å²) in [5, 5.41) is 16.5. The molecule has 0 fully saturated rings.